The fourth-order valence-corrected chi connectivity index (χ4v) is 10.9. The number of fused-ring (bicyclic) bond motifs is 10. The molecule has 354 valence electrons. The van der Waals surface area contributed by atoms with Crippen LogP contribution in [-0.2, 0) is 10.8 Å². The molecule has 0 fully saturated rings. The summed E-state index contributed by atoms with van der Waals surface area (Å²) in [6.45, 7) is 13.0. The molecular weight excluding hydrogens is 889 g/mol. The van der Waals surface area contributed by atoms with Gasteiger partial charge in [-0.15, -0.1) is 0 Å². The topological polar surface area (TPSA) is 33.3 Å². The predicted molar refractivity (Wildman–Crippen MR) is 302 cm³/mol. The van der Waals surface area contributed by atoms with E-state index in [1.54, 1.807) is 6.07 Å². The van der Waals surface area contributed by atoms with Crippen molar-refractivity contribution in [1.29, 1.82) is 0 Å². The Morgan fingerprint density at radius 3 is 2.07 bits per heavy atom. The third-order valence-corrected chi connectivity index (χ3v) is 14.5. The highest BCUT2D eigenvalue weighted by molar-refractivity contribution is 6.09. The van der Waals surface area contributed by atoms with Crippen LogP contribution in [0, 0.1) is 0 Å². The molecule has 2 aliphatic heterocycles. The van der Waals surface area contributed by atoms with E-state index in [4.69, 9.17) is 17.9 Å². The van der Waals surface area contributed by atoms with Gasteiger partial charge in [-0.05, 0) is 121 Å². The molecule has 2 unspecified atom stereocenters. The Morgan fingerprint density at radius 1 is 0.575 bits per heavy atom. The number of allylic oxidation sites excluding steroid dienone is 2. The minimum absolute atomic E-state index is 0.0232. The summed E-state index contributed by atoms with van der Waals surface area (Å²) in [4.78, 5) is 6.78. The number of pyridine rings is 1. The zero-order valence-corrected chi connectivity index (χ0v) is 41.4. The molecule has 2 aromatic heterocycles. The maximum Gasteiger partial charge on any atom is 0.245 e. The van der Waals surface area contributed by atoms with E-state index < -0.39 is 48.2 Å². The van der Waals surface area contributed by atoms with Crippen molar-refractivity contribution < 1.29 is 23.0 Å². The lowest BCUT2D eigenvalue weighted by Gasteiger charge is -2.33. The van der Waals surface area contributed by atoms with Gasteiger partial charge in [0.15, 0.2) is 0 Å². The zero-order chi connectivity index (χ0) is 58.3. The van der Waals surface area contributed by atoms with Crippen molar-refractivity contribution in [1.82, 2.24) is 9.55 Å². The average molecular weight is 955 g/mol. The summed E-state index contributed by atoms with van der Waals surface area (Å²) in [7, 11) is 0. The minimum atomic E-state index is -0.690. The van der Waals surface area contributed by atoms with Gasteiger partial charge in [0.25, 0.3) is 0 Å². The number of anilines is 1. The van der Waals surface area contributed by atoms with Crippen LogP contribution < -0.4 is 9.64 Å². The van der Waals surface area contributed by atoms with E-state index in [1.807, 2.05) is 101 Å². The molecule has 8 aromatic carbocycles. The van der Waals surface area contributed by atoms with Gasteiger partial charge in [-0.1, -0.05) is 199 Å². The maximum absolute atomic E-state index is 9.41. The van der Waals surface area contributed by atoms with Crippen LogP contribution in [0.5, 0.6) is 11.5 Å². The van der Waals surface area contributed by atoms with E-state index in [0.717, 1.165) is 66.6 Å². The Hall–Kier alpha value is -8.54. The lowest BCUT2D eigenvalue weighted by molar-refractivity contribution is -0.464. The molecule has 1 aliphatic carbocycles. The van der Waals surface area contributed by atoms with E-state index >= 15 is 0 Å². The van der Waals surface area contributed by atoms with E-state index in [-0.39, 0.29) is 46.1 Å². The zero-order valence-electron chi connectivity index (χ0n) is 51.4. The van der Waals surface area contributed by atoms with Crippen molar-refractivity contribution >= 4 is 45.1 Å². The Bertz CT molecular complexity index is 4490. The van der Waals surface area contributed by atoms with Gasteiger partial charge in [0.05, 0.1) is 41.8 Å². The molecule has 2 atom stereocenters. The quantitative estimate of drug-likeness (QED) is 0.123. The summed E-state index contributed by atoms with van der Waals surface area (Å²) in [5, 5.41) is 2.11. The molecule has 73 heavy (non-hydrogen) atoms. The molecule has 3 aliphatic rings. The first-order valence-corrected chi connectivity index (χ1v) is 24.7. The van der Waals surface area contributed by atoms with E-state index in [2.05, 4.69) is 113 Å². The molecule has 0 N–H and O–H groups in total. The van der Waals surface area contributed by atoms with Crippen molar-refractivity contribution in [3.8, 4) is 50.7 Å². The second-order valence-electron chi connectivity index (χ2n) is 21.1. The highest BCUT2D eigenvalue weighted by atomic mass is 16.5. The first-order chi connectivity index (χ1) is 39.6. The number of para-hydroxylation sites is 2. The highest BCUT2D eigenvalue weighted by Crippen LogP contribution is 2.53. The van der Waals surface area contributed by atoms with Gasteiger partial charge in [-0.25, -0.2) is 4.98 Å². The van der Waals surface area contributed by atoms with Gasteiger partial charge >= 0.3 is 0 Å². The second-order valence-corrected chi connectivity index (χ2v) is 21.1. The number of aromatic nitrogens is 2. The van der Waals surface area contributed by atoms with Crippen LogP contribution in [0.1, 0.15) is 83.4 Å². The second kappa shape index (κ2) is 17.1. The number of hydrogen-bond acceptors (Lipinski definition) is 3. The van der Waals surface area contributed by atoms with Crippen molar-refractivity contribution in [2.45, 2.75) is 64.3 Å². The summed E-state index contributed by atoms with van der Waals surface area (Å²) < 4.78 is 101. The Balaban J connectivity index is 1.06. The summed E-state index contributed by atoms with van der Waals surface area (Å²) >= 11 is 0. The molecule has 0 amide bonds. The van der Waals surface area contributed by atoms with Crippen LogP contribution in [0.2, 0.25) is 0 Å². The molecule has 0 bridgehead atoms. The van der Waals surface area contributed by atoms with Crippen LogP contribution in [0.25, 0.3) is 66.6 Å². The predicted octanol–water partition coefficient (Wildman–Crippen LogP) is 17.1. The summed E-state index contributed by atoms with van der Waals surface area (Å²) in [5.74, 6) is 1.24. The Labute approximate surface area is 442 Å². The lowest BCUT2D eigenvalue weighted by Crippen LogP contribution is -2.31. The molecule has 13 rings (SSSR count). The van der Waals surface area contributed by atoms with Gasteiger partial charge in [-0.2, -0.15) is 0 Å². The third-order valence-electron chi connectivity index (χ3n) is 14.5. The van der Waals surface area contributed by atoms with Crippen molar-refractivity contribution in [2.24, 2.45) is 0 Å². The van der Waals surface area contributed by atoms with Gasteiger partial charge in [0, 0.05) is 29.0 Å². The monoisotopic (exact) mass is 955 g/mol. The van der Waals surface area contributed by atoms with Gasteiger partial charge in [0.2, 0.25) is 6.34 Å². The molecular formula is C68H56N4O. The van der Waals surface area contributed by atoms with Gasteiger partial charge in [-0.3, -0.25) is 4.57 Å². The van der Waals surface area contributed by atoms with Crippen molar-refractivity contribution in [3.63, 3.8) is 0 Å². The number of ether oxygens (including phenoxy) is 1. The van der Waals surface area contributed by atoms with E-state index in [9.17, 15) is 5.48 Å². The standard InChI is InChI=1S/C68H56N4O/c1-67(2,3)47-31-33-55-58-29-18-28-52(45-21-11-8-12-22-45)65(58)71-43-70(63-38-46(44-19-9-7-10-20-44)37-60(66(63)71)54-26-14-13-25-53(54)59(55)39-47)49-23-17-24-50(41-49)73-51-32-34-57-56-27-15-16-30-61(56)72(62(57)42-51)64-40-48(35-36-69-64)68(4,5)6/h7-42,60,66H,1-6H3/i7D,8D,9D,10D,11D,12D,19D,20D,21D,22D. The van der Waals surface area contributed by atoms with Crippen molar-refractivity contribution in [2.75, 3.05) is 4.90 Å². The molecule has 0 radical (unpaired) electrons. The van der Waals surface area contributed by atoms with Crippen LogP contribution in [0.4, 0.5) is 11.4 Å². The fourth-order valence-electron chi connectivity index (χ4n) is 10.9. The van der Waals surface area contributed by atoms with Crippen LogP contribution in [0.15, 0.2) is 224 Å². The molecule has 0 saturated carbocycles. The maximum atomic E-state index is 9.41. The van der Waals surface area contributed by atoms with E-state index in [0.29, 0.717) is 39.7 Å². The van der Waals surface area contributed by atoms with Crippen LogP contribution in [0.3, 0.4) is 0 Å². The molecule has 0 saturated heterocycles. The highest BCUT2D eigenvalue weighted by Gasteiger charge is 2.44. The first kappa shape index (κ1) is 34.7. The lowest BCUT2D eigenvalue weighted by atomic mass is 9.78. The number of nitrogens with zero attached hydrogens (tertiary/aromatic N) is 4. The van der Waals surface area contributed by atoms with Gasteiger partial charge in [0.1, 0.15) is 23.4 Å². The number of hydrogen-bond donors (Lipinski definition) is 0. The SMILES string of the molecule is [2H]c1c([2H])c([2H])c(C2=CC3c4ccccc4-c4cc(C(C)(C)C)ccc4-c4cccc(-c5c([2H])c([2H])c([2H])c([2H])c5[2H])c4[N+]4=[C-]N(c5cccc(Oc6ccc7c8ccccc8n(-c8cc(C(C)(C)C)ccn8)c7c6)c5)C(=C2)C34)c([2H])c1[2H]. The smallest absolute Gasteiger partial charge is 0.245 e. The molecule has 0 spiro atoms. The molecule has 10 aromatic rings. The summed E-state index contributed by atoms with van der Waals surface area (Å²) in [5.41, 5.74) is 10.6. The third kappa shape index (κ3) is 7.61. The molecule has 5 nitrogen and oxygen atoms in total. The van der Waals surface area contributed by atoms with E-state index in [1.165, 1.54) is 0 Å². The Kier molecular flexibility index (Phi) is 8.12. The minimum Gasteiger partial charge on any atom is -0.458 e. The Morgan fingerprint density at radius 2 is 1.26 bits per heavy atom. The summed E-state index contributed by atoms with van der Waals surface area (Å²) in [6.07, 6.45) is 9.47. The van der Waals surface area contributed by atoms with Crippen LogP contribution in [-0.4, -0.2) is 26.5 Å². The first-order valence-electron chi connectivity index (χ1n) is 29.7. The fraction of sp³-hybridized carbons (Fsp3) is 0.147. The largest absolute Gasteiger partial charge is 0.458 e. The van der Waals surface area contributed by atoms with Gasteiger partial charge < -0.3 is 14.2 Å². The normalized spacial score (nSPS) is 17.9. The van der Waals surface area contributed by atoms with Crippen molar-refractivity contribution in [3.05, 3.63) is 246 Å². The average Bonchev–Trinajstić information content (AvgIpc) is 2.31. The molecule has 5 heteroatoms. The summed E-state index contributed by atoms with van der Waals surface area (Å²) in [6, 6.07) is 41.4. The number of rotatable bonds is 6. The number of benzene rings is 8. The van der Waals surface area contributed by atoms with Crippen LogP contribution >= 0.6 is 0 Å². The molecule has 4 heterocycles.